The molecule has 5 nitrogen and oxygen atoms in total. The van der Waals surface area contributed by atoms with Crippen LogP contribution in [0.25, 0.3) is 0 Å². The predicted octanol–water partition coefficient (Wildman–Crippen LogP) is 3.58. The molecule has 0 amide bonds. The van der Waals surface area contributed by atoms with Crippen molar-refractivity contribution in [1.29, 1.82) is 0 Å². The lowest BCUT2D eigenvalue weighted by Crippen LogP contribution is -2.39. The third kappa shape index (κ3) is 4.12. The number of benzene rings is 1. The molecule has 25 heavy (non-hydrogen) atoms. The maximum absolute atomic E-state index is 12.5. The summed E-state index contributed by atoms with van der Waals surface area (Å²) in [5.74, 6) is 1.27. The van der Waals surface area contributed by atoms with Crippen molar-refractivity contribution in [2.75, 3.05) is 30.4 Å². The highest BCUT2D eigenvalue weighted by atomic mass is 19.4. The third-order valence-corrected chi connectivity index (χ3v) is 4.23. The van der Waals surface area contributed by atoms with E-state index >= 15 is 0 Å². The molecular weight excluding hydrogens is 333 g/mol. The van der Waals surface area contributed by atoms with Crippen LogP contribution in [0.3, 0.4) is 0 Å². The van der Waals surface area contributed by atoms with E-state index in [9.17, 15) is 13.2 Å². The van der Waals surface area contributed by atoms with Crippen LogP contribution in [0.5, 0.6) is 5.75 Å². The summed E-state index contributed by atoms with van der Waals surface area (Å²) in [6.45, 7) is 1.40. The Kier molecular flexibility index (Phi) is 4.96. The van der Waals surface area contributed by atoms with E-state index in [4.69, 9.17) is 4.74 Å². The summed E-state index contributed by atoms with van der Waals surface area (Å²) in [5, 5.41) is 10.5. The first-order valence-corrected chi connectivity index (χ1v) is 8.03. The van der Waals surface area contributed by atoms with Gasteiger partial charge in [-0.3, -0.25) is 0 Å². The predicted molar refractivity (Wildman–Crippen MR) is 88.9 cm³/mol. The number of ether oxygens (including phenoxy) is 1. The van der Waals surface area contributed by atoms with Crippen molar-refractivity contribution in [2.45, 2.75) is 25.1 Å². The molecular formula is C17H19F3N4O. The molecule has 0 atom stereocenters. The molecule has 1 saturated heterocycles. The van der Waals surface area contributed by atoms with Crippen LogP contribution in [0.2, 0.25) is 0 Å². The monoisotopic (exact) mass is 352 g/mol. The Morgan fingerprint density at radius 2 is 1.80 bits per heavy atom. The van der Waals surface area contributed by atoms with Gasteiger partial charge in [-0.1, -0.05) is 12.1 Å². The Hall–Kier alpha value is -2.51. The molecule has 1 fully saturated rings. The van der Waals surface area contributed by atoms with Gasteiger partial charge in [0.05, 0.1) is 12.8 Å². The average molecular weight is 352 g/mol. The van der Waals surface area contributed by atoms with Gasteiger partial charge in [0.2, 0.25) is 0 Å². The Labute approximate surface area is 143 Å². The van der Waals surface area contributed by atoms with Gasteiger partial charge in [0, 0.05) is 19.1 Å². The second-order valence-corrected chi connectivity index (χ2v) is 5.88. The molecule has 0 radical (unpaired) electrons. The number of nitrogens with one attached hydrogen (secondary N) is 1. The third-order valence-electron chi connectivity index (χ3n) is 4.23. The molecule has 1 N–H and O–H groups in total. The molecule has 2 heterocycles. The Balaban J connectivity index is 1.58. The van der Waals surface area contributed by atoms with E-state index < -0.39 is 11.9 Å². The summed E-state index contributed by atoms with van der Waals surface area (Å²) in [6, 6.07) is 10.3. The molecule has 1 aromatic carbocycles. The van der Waals surface area contributed by atoms with Crippen LogP contribution in [0, 0.1) is 0 Å². The largest absolute Gasteiger partial charge is 0.495 e. The molecule has 3 rings (SSSR count). The van der Waals surface area contributed by atoms with Crippen molar-refractivity contribution in [3.05, 3.63) is 42.1 Å². The molecule has 1 aliphatic rings. The number of hydrogen-bond donors (Lipinski definition) is 1. The number of para-hydroxylation sites is 2. The minimum absolute atomic E-state index is 0.273. The summed E-state index contributed by atoms with van der Waals surface area (Å²) in [5.41, 5.74) is -0.0262. The summed E-state index contributed by atoms with van der Waals surface area (Å²) >= 11 is 0. The van der Waals surface area contributed by atoms with Crippen LogP contribution in [0.1, 0.15) is 18.5 Å². The highest BCUT2D eigenvalue weighted by Crippen LogP contribution is 2.29. The number of nitrogens with zero attached hydrogens (tertiary/aromatic N) is 3. The SMILES string of the molecule is COc1ccccc1NC1CCN(c2ccc(C(F)(F)F)nn2)CC1. The molecule has 8 heteroatoms. The van der Waals surface area contributed by atoms with Gasteiger partial charge in [-0.15, -0.1) is 10.2 Å². The Bertz CT molecular complexity index is 698. The van der Waals surface area contributed by atoms with Gasteiger partial charge in [-0.25, -0.2) is 0 Å². The molecule has 0 saturated carbocycles. The van der Waals surface area contributed by atoms with E-state index in [1.165, 1.54) is 6.07 Å². The average Bonchev–Trinajstić information content (AvgIpc) is 2.62. The highest BCUT2D eigenvalue weighted by molar-refractivity contribution is 5.56. The van der Waals surface area contributed by atoms with Crippen molar-refractivity contribution in [3.63, 3.8) is 0 Å². The lowest BCUT2D eigenvalue weighted by molar-refractivity contribution is -0.141. The number of halogens is 3. The smallest absolute Gasteiger partial charge is 0.435 e. The van der Waals surface area contributed by atoms with Gasteiger partial charge in [0.1, 0.15) is 5.75 Å². The number of piperidine rings is 1. The zero-order valence-corrected chi connectivity index (χ0v) is 13.8. The van der Waals surface area contributed by atoms with Crippen LogP contribution >= 0.6 is 0 Å². The molecule has 1 aliphatic heterocycles. The second kappa shape index (κ2) is 7.16. The summed E-state index contributed by atoms with van der Waals surface area (Å²) in [4.78, 5) is 1.95. The molecule has 0 unspecified atom stereocenters. The van der Waals surface area contributed by atoms with E-state index in [0.29, 0.717) is 18.9 Å². The normalized spacial score (nSPS) is 15.9. The first kappa shape index (κ1) is 17.3. The first-order valence-electron chi connectivity index (χ1n) is 8.03. The number of anilines is 2. The molecule has 0 spiro atoms. The fraction of sp³-hybridized carbons (Fsp3) is 0.412. The molecule has 134 valence electrons. The zero-order valence-electron chi connectivity index (χ0n) is 13.8. The van der Waals surface area contributed by atoms with Crippen molar-refractivity contribution < 1.29 is 17.9 Å². The van der Waals surface area contributed by atoms with E-state index in [0.717, 1.165) is 30.3 Å². The van der Waals surface area contributed by atoms with Gasteiger partial charge >= 0.3 is 6.18 Å². The van der Waals surface area contributed by atoms with E-state index in [1.54, 1.807) is 7.11 Å². The minimum atomic E-state index is -4.46. The van der Waals surface area contributed by atoms with Crippen molar-refractivity contribution >= 4 is 11.5 Å². The quantitative estimate of drug-likeness (QED) is 0.911. The van der Waals surface area contributed by atoms with Gasteiger partial charge in [0.25, 0.3) is 0 Å². The number of methoxy groups -OCH3 is 1. The fourth-order valence-electron chi connectivity index (χ4n) is 2.88. The van der Waals surface area contributed by atoms with Crippen molar-refractivity contribution in [1.82, 2.24) is 10.2 Å². The lowest BCUT2D eigenvalue weighted by Gasteiger charge is -2.33. The van der Waals surface area contributed by atoms with Gasteiger partial charge in [-0.2, -0.15) is 13.2 Å². The summed E-state index contributed by atoms with van der Waals surface area (Å²) < 4.78 is 43.0. The summed E-state index contributed by atoms with van der Waals surface area (Å²) in [6.07, 6.45) is -2.77. The van der Waals surface area contributed by atoms with Crippen LogP contribution in [0.4, 0.5) is 24.7 Å². The maximum Gasteiger partial charge on any atom is 0.435 e. The fourth-order valence-corrected chi connectivity index (χ4v) is 2.88. The van der Waals surface area contributed by atoms with Gasteiger partial charge in [-0.05, 0) is 37.1 Å². The topological polar surface area (TPSA) is 50.3 Å². The van der Waals surface area contributed by atoms with E-state index in [2.05, 4.69) is 15.5 Å². The summed E-state index contributed by atoms with van der Waals surface area (Å²) in [7, 11) is 1.63. The Morgan fingerprint density at radius 1 is 1.08 bits per heavy atom. The standard InChI is InChI=1S/C17H19F3N4O/c1-25-14-5-3-2-4-13(14)21-12-8-10-24(11-9-12)16-7-6-15(22-23-16)17(18,19)20/h2-7,12,21H,8-11H2,1H3. The van der Waals surface area contributed by atoms with Crippen molar-refractivity contribution in [3.8, 4) is 5.75 Å². The van der Waals surface area contributed by atoms with E-state index in [1.807, 2.05) is 29.2 Å². The number of aromatic nitrogens is 2. The van der Waals surface area contributed by atoms with E-state index in [-0.39, 0.29) is 6.04 Å². The highest BCUT2D eigenvalue weighted by Gasteiger charge is 2.33. The number of rotatable bonds is 4. The molecule has 2 aromatic rings. The lowest BCUT2D eigenvalue weighted by atomic mass is 10.0. The molecule has 1 aromatic heterocycles. The number of hydrogen-bond acceptors (Lipinski definition) is 5. The van der Waals surface area contributed by atoms with Gasteiger partial charge in [0.15, 0.2) is 11.5 Å². The first-order chi connectivity index (χ1) is 12.0. The number of alkyl halides is 3. The molecule has 0 bridgehead atoms. The van der Waals surface area contributed by atoms with Crippen LogP contribution < -0.4 is 15.0 Å². The van der Waals surface area contributed by atoms with Crippen LogP contribution in [-0.4, -0.2) is 36.4 Å². The minimum Gasteiger partial charge on any atom is -0.495 e. The van der Waals surface area contributed by atoms with Crippen molar-refractivity contribution in [2.24, 2.45) is 0 Å². The van der Waals surface area contributed by atoms with Crippen LogP contribution in [0.15, 0.2) is 36.4 Å². The van der Waals surface area contributed by atoms with Gasteiger partial charge < -0.3 is 15.0 Å². The second-order valence-electron chi connectivity index (χ2n) is 5.88. The Morgan fingerprint density at radius 3 is 2.40 bits per heavy atom. The maximum atomic E-state index is 12.5. The molecule has 0 aliphatic carbocycles. The van der Waals surface area contributed by atoms with Crippen LogP contribution in [-0.2, 0) is 6.18 Å². The zero-order chi connectivity index (χ0) is 17.9.